The van der Waals surface area contributed by atoms with Crippen molar-refractivity contribution in [3.63, 3.8) is 0 Å². The summed E-state index contributed by atoms with van der Waals surface area (Å²) in [6.45, 7) is 5.93. The van der Waals surface area contributed by atoms with Crippen LogP contribution in [-0.4, -0.2) is 23.9 Å². The van der Waals surface area contributed by atoms with E-state index in [1.807, 2.05) is 19.9 Å². The molecule has 0 spiro atoms. The van der Waals surface area contributed by atoms with Crippen LogP contribution in [0.25, 0.3) is 0 Å². The van der Waals surface area contributed by atoms with Gasteiger partial charge in [-0.15, -0.1) is 11.3 Å². The second-order valence-electron chi connectivity index (χ2n) is 5.88. The van der Waals surface area contributed by atoms with Gasteiger partial charge in [-0.25, -0.2) is 0 Å². The van der Waals surface area contributed by atoms with E-state index < -0.39 is 0 Å². The summed E-state index contributed by atoms with van der Waals surface area (Å²) in [5.41, 5.74) is 4.22. The molecule has 5 heteroatoms. The summed E-state index contributed by atoms with van der Waals surface area (Å²) < 4.78 is 0. The first kappa shape index (κ1) is 15.7. The monoisotopic (exact) mass is 325 g/mol. The molecule has 1 aromatic heterocycles. The lowest BCUT2D eigenvalue weighted by Crippen LogP contribution is -2.37. The molecule has 0 aliphatic carbocycles. The number of benzene rings is 1. The van der Waals surface area contributed by atoms with Crippen molar-refractivity contribution in [2.75, 3.05) is 18.4 Å². The Morgan fingerprint density at radius 3 is 2.83 bits per heavy atom. The van der Waals surface area contributed by atoms with Gasteiger partial charge in [0.15, 0.2) is 0 Å². The molecule has 23 heavy (non-hydrogen) atoms. The number of fused-ring (bicyclic) bond motifs is 1. The van der Waals surface area contributed by atoms with Crippen molar-refractivity contribution < 1.29 is 4.79 Å². The van der Waals surface area contributed by atoms with Gasteiger partial charge in [-0.05, 0) is 37.0 Å². The van der Waals surface area contributed by atoms with Crippen molar-refractivity contribution >= 4 is 22.2 Å². The highest BCUT2D eigenvalue weighted by Gasteiger charge is 2.20. The fourth-order valence-corrected chi connectivity index (χ4v) is 3.94. The Kier molecular flexibility index (Phi) is 4.46. The van der Waals surface area contributed by atoms with Crippen molar-refractivity contribution in [1.82, 2.24) is 4.90 Å². The van der Waals surface area contributed by atoms with Crippen molar-refractivity contribution in [2.45, 2.75) is 26.8 Å². The number of hydrogen-bond donors (Lipinski definition) is 1. The van der Waals surface area contributed by atoms with E-state index in [0.29, 0.717) is 17.1 Å². The normalized spacial score (nSPS) is 14.1. The van der Waals surface area contributed by atoms with Crippen molar-refractivity contribution in [1.29, 1.82) is 5.26 Å². The number of amides is 1. The van der Waals surface area contributed by atoms with Gasteiger partial charge in [0.2, 0.25) is 5.91 Å². The maximum Gasteiger partial charge on any atom is 0.239 e. The molecule has 0 unspecified atom stereocenters. The van der Waals surface area contributed by atoms with E-state index in [-0.39, 0.29) is 5.91 Å². The quantitative estimate of drug-likeness (QED) is 0.942. The molecule has 4 nitrogen and oxygen atoms in total. The second-order valence-corrected chi connectivity index (χ2v) is 7.10. The van der Waals surface area contributed by atoms with Crippen LogP contribution in [0.5, 0.6) is 0 Å². The van der Waals surface area contributed by atoms with Gasteiger partial charge in [0.25, 0.3) is 0 Å². The lowest BCUT2D eigenvalue weighted by Gasteiger charge is -2.27. The summed E-state index contributed by atoms with van der Waals surface area (Å²) in [5.74, 6) is -0.0536. The molecule has 1 amide bonds. The first-order valence-electron chi connectivity index (χ1n) is 7.67. The molecule has 1 aliphatic rings. The summed E-state index contributed by atoms with van der Waals surface area (Å²) in [4.78, 5) is 15.5. The zero-order chi connectivity index (χ0) is 16.4. The highest BCUT2D eigenvalue weighted by Crippen LogP contribution is 2.31. The maximum absolute atomic E-state index is 12.3. The van der Waals surface area contributed by atoms with Gasteiger partial charge in [-0.1, -0.05) is 24.3 Å². The summed E-state index contributed by atoms with van der Waals surface area (Å²) in [6.07, 6.45) is 0.976. The Labute approximate surface area is 140 Å². The molecule has 1 N–H and O–H groups in total. The van der Waals surface area contributed by atoms with E-state index in [2.05, 4.69) is 34.5 Å². The second kappa shape index (κ2) is 6.53. The molecule has 1 aromatic carbocycles. The van der Waals surface area contributed by atoms with Crippen LogP contribution < -0.4 is 5.32 Å². The van der Waals surface area contributed by atoms with Gasteiger partial charge >= 0.3 is 0 Å². The minimum atomic E-state index is -0.0536. The van der Waals surface area contributed by atoms with Gasteiger partial charge in [0.05, 0.1) is 12.1 Å². The lowest BCUT2D eigenvalue weighted by molar-refractivity contribution is -0.117. The van der Waals surface area contributed by atoms with E-state index in [4.69, 9.17) is 0 Å². The molecule has 1 aliphatic heterocycles. The third-order valence-electron chi connectivity index (χ3n) is 4.33. The number of nitrogens with zero attached hydrogens (tertiary/aromatic N) is 2. The smallest absolute Gasteiger partial charge is 0.239 e. The summed E-state index contributed by atoms with van der Waals surface area (Å²) in [5, 5.41) is 12.8. The molecule has 0 atom stereocenters. The average molecular weight is 325 g/mol. The van der Waals surface area contributed by atoms with Crippen molar-refractivity contribution in [3.8, 4) is 6.07 Å². The molecule has 118 valence electrons. The number of carbonyl (C=O) groups excluding carboxylic acids is 1. The standard InChI is InChI=1S/C18H19N3OS/c1-12-13(2)23-18(16(12)9-19)20-17(22)11-21-8-7-14-5-3-4-6-15(14)10-21/h3-6H,7-8,10-11H2,1-2H3,(H,20,22). The van der Waals surface area contributed by atoms with Crippen LogP contribution in [0, 0.1) is 25.2 Å². The van der Waals surface area contributed by atoms with Gasteiger partial charge < -0.3 is 5.32 Å². The van der Waals surface area contributed by atoms with E-state index in [1.165, 1.54) is 22.5 Å². The molecular formula is C18H19N3OS. The number of hydrogen-bond acceptors (Lipinski definition) is 4. The predicted octanol–water partition coefficient (Wildman–Crippen LogP) is 3.23. The SMILES string of the molecule is Cc1sc(NC(=O)CN2CCc3ccccc3C2)c(C#N)c1C. The summed E-state index contributed by atoms with van der Waals surface area (Å²) >= 11 is 1.47. The number of carbonyl (C=O) groups is 1. The van der Waals surface area contributed by atoms with Crippen LogP contribution >= 0.6 is 11.3 Å². The molecule has 0 saturated carbocycles. The predicted molar refractivity (Wildman–Crippen MR) is 92.6 cm³/mol. The number of aryl methyl sites for hydroxylation is 1. The van der Waals surface area contributed by atoms with E-state index in [0.717, 1.165) is 30.0 Å². The van der Waals surface area contributed by atoms with E-state index in [9.17, 15) is 10.1 Å². The van der Waals surface area contributed by atoms with Crippen LogP contribution in [0.2, 0.25) is 0 Å². The number of nitriles is 1. The van der Waals surface area contributed by atoms with Crippen LogP contribution in [0.3, 0.4) is 0 Å². The Morgan fingerprint density at radius 1 is 1.35 bits per heavy atom. The molecule has 3 rings (SSSR count). The van der Waals surface area contributed by atoms with Gasteiger partial charge in [-0.3, -0.25) is 9.69 Å². The highest BCUT2D eigenvalue weighted by atomic mass is 32.1. The minimum absolute atomic E-state index is 0.0536. The highest BCUT2D eigenvalue weighted by molar-refractivity contribution is 7.16. The Hall–Kier alpha value is -2.16. The third-order valence-corrected chi connectivity index (χ3v) is 5.45. The number of thiophene rings is 1. The molecule has 0 saturated heterocycles. The van der Waals surface area contributed by atoms with Gasteiger partial charge in [-0.2, -0.15) is 5.26 Å². The molecule has 0 radical (unpaired) electrons. The van der Waals surface area contributed by atoms with Crippen molar-refractivity contribution in [2.24, 2.45) is 0 Å². The topological polar surface area (TPSA) is 56.1 Å². The Morgan fingerprint density at radius 2 is 2.09 bits per heavy atom. The molecule has 2 heterocycles. The minimum Gasteiger partial charge on any atom is -0.315 e. The zero-order valence-corrected chi connectivity index (χ0v) is 14.2. The van der Waals surface area contributed by atoms with Crippen LogP contribution in [-0.2, 0) is 17.8 Å². The zero-order valence-electron chi connectivity index (χ0n) is 13.3. The Balaban J connectivity index is 1.65. The molecule has 2 aromatic rings. The Bertz CT molecular complexity index is 788. The number of anilines is 1. The third kappa shape index (κ3) is 3.29. The van der Waals surface area contributed by atoms with Crippen LogP contribution in [0.15, 0.2) is 24.3 Å². The first-order valence-corrected chi connectivity index (χ1v) is 8.49. The van der Waals surface area contributed by atoms with Crippen molar-refractivity contribution in [3.05, 3.63) is 51.4 Å². The number of rotatable bonds is 3. The van der Waals surface area contributed by atoms with Crippen LogP contribution in [0.1, 0.15) is 27.1 Å². The fraction of sp³-hybridized carbons (Fsp3) is 0.333. The maximum atomic E-state index is 12.3. The molecule has 0 fully saturated rings. The first-order chi connectivity index (χ1) is 11.1. The van der Waals surface area contributed by atoms with Gasteiger partial charge in [0.1, 0.15) is 11.1 Å². The summed E-state index contributed by atoms with van der Waals surface area (Å²) in [7, 11) is 0. The number of nitrogens with one attached hydrogen (secondary N) is 1. The lowest BCUT2D eigenvalue weighted by atomic mass is 10.00. The fourth-order valence-electron chi connectivity index (χ4n) is 2.91. The van der Waals surface area contributed by atoms with Crippen LogP contribution in [0.4, 0.5) is 5.00 Å². The molecular weight excluding hydrogens is 306 g/mol. The van der Waals surface area contributed by atoms with E-state index >= 15 is 0 Å². The molecule has 0 bridgehead atoms. The van der Waals surface area contributed by atoms with Gasteiger partial charge in [0, 0.05) is 18.0 Å². The average Bonchev–Trinajstić information content (AvgIpc) is 2.80. The summed E-state index contributed by atoms with van der Waals surface area (Å²) in [6, 6.07) is 10.6. The largest absolute Gasteiger partial charge is 0.315 e. The van der Waals surface area contributed by atoms with E-state index in [1.54, 1.807) is 0 Å².